The number of anilines is 2. The summed E-state index contributed by atoms with van der Waals surface area (Å²) in [6, 6.07) is 7.33. The van der Waals surface area contributed by atoms with E-state index >= 15 is 0 Å². The SMILES string of the molecule is O=C(CSc1nnc(NC(=O)c2cc(-c3ccco3)on2)s1)Nc1cc(C(F)(F)F)ccc1Cl. The Labute approximate surface area is 201 Å². The number of carbonyl (C=O) groups excluding carboxylic acids is 2. The van der Waals surface area contributed by atoms with Crippen LogP contribution in [0.3, 0.4) is 0 Å². The maximum Gasteiger partial charge on any atom is 0.416 e. The molecule has 1 aromatic carbocycles. The number of amides is 2. The summed E-state index contributed by atoms with van der Waals surface area (Å²) >= 11 is 7.85. The first-order valence-electron chi connectivity index (χ1n) is 9.14. The van der Waals surface area contributed by atoms with Crippen LogP contribution in [0.25, 0.3) is 11.5 Å². The first-order chi connectivity index (χ1) is 16.2. The number of hydrogen-bond acceptors (Lipinski definition) is 9. The van der Waals surface area contributed by atoms with Gasteiger partial charge in [0.05, 0.1) is 28.3 Å². The minimum absolute atomic E-state index is 0.00635. The lowest BCUT2D eigenvalue weighted by molar-refractivity contribution is -0.137. The Kier molecular flexibility index (Phi) is 6.90. The van der Waals surface area contributed by atoms with Crippen molar-refractivity contribution in [2.75, 3.05) is 16.4 Å². The number of alkyl halides is 3. The van der Waals surface area contributed by atoms with E-state index in [-0.39, 0.29) is 33.0 Å². The minimum atomic E-state index is -4.57. The first kappa shape index (κ1) is 23.8. The van der Waals surface area contributed by atoms with Crippen molar-refractivity contribution in [3.63, 3.8) is 0 Å². The number of nitrogens with one attached hydrogen (secondary N) is 2. The van der Waals surface area contributed by atoms with Gasteiger partial charge in [0, 0.05) is 6.07 Å². The summed E-state index contributed by atoms with van der Waals surface area (Å²) in [7, 11) is 0. The summed E-state index contributed by atoms with van der Waals surface area (Å²) < 4.78 is 49.1. The van der Waals surface area contributed by atoms with E-state index in [0.29, 0.717) is 10.1 Å². The third-order valence-electron chi connectivity index (χ3n) is 4.03. The van der Waals surface area contributed by atoms with Crippen LogP contribution in [0.5, 0.6) is 0 Å². The van der Waals surface area contributed by atoms with Crippen LogP contribution in [-0.4, -0.2) is 32.9 Å². The van der Waals surface area contributed by atoms with E-state index in [1.54, 1.807) is 12.1 Å². The molecule has 2 N–H and O–H groups in total. The molecule has 0 spiro atoms. The van der Waals surface area contributed by atoms with Gasteiger partial charge >= 0.3 is 6.18 Å². The van der Waals surface area contributed by atoms with Crippen LogP contribution < -0.4 is 10.6 Å². The molecule has 0 fully saturated rings. The second kappa shape index (κ2) is 9.87. The van der Waals surface area contributed by atoms with Gasteiger partial charge in [0.2, 0.25) is 16.8 Å². The second-order valence-electron chi connectivity index (χ2n) is 6.41. The van der Waals surface area contributed by atoms with Gasteiger partial charge in [0.15, 0.2) is 15.8 Å². The van der Waals surface area contributed by atoms with E-state index in [9.17, 15) is 22.8 Å². The van der Waals surface area contributed by atoms with E-state index in [1.807, 2.05) is 0 Å². The number of hydrogen-bond donors (Lipinski definition) is 2. The van der Waals surface area contributed by atoms with Crippen molar-refractivity contribution >= 4 is 57.3 Å². The fourth-order valence-electron chi connectivity index (χ4n) is 2.51. The monoisotopic (exact) mass is 529 g/mol. The number of benzene rings is 1. The highest BCUT2D eigenvalue weighted by Crippen LogP contribution is 2.34. The molecule has 3 heterocycles. The molecule has 2 amide bonds. The Bertz CT molecular complexity index is 1320. The quantitative estimate of drug-likeness (QED) is 0.239. The third kappa shape index (κ3) is 5.76. The third-order valence-corrected chi connectivity index (χ3v) is 6.33. The number of rotatable bonds is 7. The van der Waals surface area contributed by atoms with Crippen LogP contribution in [0.1, 0.15) is 16.1 Å². The van der Waals surface area contributed by atoms with Crippen molar-refractivity contribution in [2.45, 2.75) is 10.5 Å². The van der Waals surface area contributed by atoms with Crippen LogP contribution in [-0.2, 0) is 11.0 Å². The van der Waals surface area contributed by atoms with E-state index in [0.717, 1.165) is 41.3 Å². The fourth-order valence-corrected chi connectivity index (χ4v) is 4.22. The Morgan fingerprint density at radius 2 is 1.94 bits per heavy atom. The van der Waals surface area contributed by atoms with Gasteiger partial charge in [0.25, 0.3) is 5.91 Å². The lowest BCUT2D eigenvalue weighted by atomic mass is 10.2. The molecule has 15 heteroatoms. The van der Waals surface area contributed by atoms with Gasteiger partial charge < -0.3 is 14.3 Å². The lowest BCUT2D eigenvalue weighted by Gasteiger charge is -2.11. The highest BCUT2D eigenvalue weighted by Gasteiger charge is 2.31. The fraction of sp³-hybridized carbons (Fsp3) is 0.105. The number of nitrogens with zero attached hydrogens (tertiary/aromatic N) is 3. The van der Waals surface area contributed by atoms with E-state index in [2.05, 4.69) is 26.0 Å². The topological polar surface area (TPSA) is 123 Å². The standard InChI is InChI=1S/C19H11ClF3N5O4S2/c20-10-4-3-9(19(21,22)23)6-11(10)24-15(29)8-33-18-27-26-17(34-18)25-16(30)12-7-14(32-28-12)13-2-1-5-31-13/h1-7H,8H2,(H,24,29)(H,25,26,30). The zero-order chi connectivity index (χ0) is 24.3. The molecular formula is C19H11ClF3N5O4S2. The lowest BCUT2D eigenvalue weighted by Crippen LogP contribution is -2.15. The molecule has 0 aliphatic carbocycles. The van der Waals surface area contributed by atoms with Crippen LogP contribution in [0.15, 0.2) is 55.9 Å². The van der Waals surface area contributed by atoms with Gasteiger partial charge in [-0.15, -0.1) is 10.2 Å². The van der Waals surface area contributed by atoms with Crippen molar-refractivity contribution in [1.82, 2.24) is 15.4 Å². The zero-order valence-corrected chi connectivity index (χ0v) is 18.9. The predicted octanol–water partition coefficient (Wildman–Crippen LogP) is 5.44. The molecule has 0 unspecified atom stereocenters. The average Bonchev–Trinajstić information content (AvgIpc) is 3.54. The summed E-state index contributed by atoms with van der Waals surface area (Å²) in [5.41, 5.74) is -1.10. The van der Waals surface area contributed by atoms with Crippen molar-refractivity contribution in [3.8, 4) is 11.5 Å². The van der Waals surface area contributed by atoms with Crippen LogP contribution in [0.4, 0.5) is 24.0 Å². The highest BCUT2D eigenvalue weighted by molar-refractivity contribution is 8.01. The normalized spacial score (nSPS) is 11.4. The molecule has 3 aromatic heterocycles. The Balaban J connectivity index is 1.31. The van der Waals surface area contributed by atoms with Gasteiger partial charge in [0.1, 0.15) is 0 Å². The summed E-state index contributed by atoms with van der Waals surface area (Å²) in [6.45, 7) is 0. The maximum absolute atomic E-state index is 12.9. The van der Waals surface area contributed by atoms with Crippen molar-refractivity contribution in [1.29, 1.82) is 0 Å². The molecule has 4 rings (SSSR count). The van der Waals surface area contributed by atoms with Crippen LogP contribution in [0, 0.1) is 0 Å². The average molecular weight is 530 g/mol. The van der Waals surface area contributed by atoms with Gasteiger partial charge in [-0.1, -0.05) is 39.9 Å². The van der Waals surface area contributed by atoms with E-state index < -0.39 is 23.6 Å². The molecular weight excluding hydrogens is 519 g/mol. The molecule has 0 saturated carbocycles. The van der Waals surface area contributed by atoms with Gasteiger partial charge in [-0.25, -0.2) is 0 Å². The highest BCUT2D eigenvalue weighted by atomic mass is 35.5. The first-order valence-corrected chi connectivity index (χ1v) is 11.3. The molecule has 176 valence electrons. The van der Waals surface area contributed by atoms with Crippen molar-refractivity contribution in [2.24, 2.45) is 0 Å². The molecule has 0 bridgehead atoms. The molecule has 0 atom stereocenters. The number of furan rings is 1. The molecule has 4 aromatic rings. The number of thioether (sulfide) groups is 1. The van der Waals surface area contributed by atoms with E-state index in [4.69, 9.17) is 20.5 Å². The minimum Gasteiger partial charge on any atom is -0.461 e. The van der Waals surface area contributed by atoms with E-state index in [1.165, 1.54) is 12.3 Å². The Hall–Kier alpha value is -3.36. The zero-order valence-electron chi connectivity index (χ0n) is 16.6. The molecule has 0 radical (unpaired) electrons. The summed E-state index contributed by atoms with van der Waals surface area (Å²) in [5, 5.41) is 16.3. The smallest absolute Gasteiger partial charge is 0.416 e. The number of carbonyl (C=O) groups is 2. The van der Waals surface area contributed by atoms with Gasteiger partial charge in [-0.3, -0.25) is 14.9 Å². The summed E-state index contributed by atoms with van der Waals surface area (Å²) in [6.07, 6.45) is -3.12. The Morgan fingerprint density at radius 1 is 1.12 bits per heavy atom. The Morgan fingerprint density at radius 3 is 2.68 bits per heavy atom. The van der Waals surface area contributed by atoms with Crippen LogP contribution in [0.2, 0.25) is 5.02 Å². The predicted molar refractivity (Wildman–Crippen MR) is 118 cm³/mol. The molecule has 0 saturated heterocycles. The second-order valence-corrected chi connectivity index (χ2v) is 9.02. The maximum atomic E-state index is 12.9. The summed E-state index contributed by atoms with van der Waals surface area (Å²) in [4.78, 5) is 24.5. The summed E-state index contributed by atoms with van der Waals surface area (Å²) in [5.74, 6) is -0.682. The molecule has 9 nitrogen and oxygen atoms in total. The molecule has 34 heavy (non-hydrogen) atoms. The van der Waals surface area contributed by atoms with Crippen molar-refractivity contribution < 1.29 is 31.7 Å². The molecule has 0 aliphatic rings. The van der Waals surface area contributed by atoms with Crippen molar-refractivity contribution in [3.05, 3.63) is 58.9 Å². The number of aromatic nitrogens is 3. The molecule has 0 aliphatic heterocycles. The van der Waals surface area contributed by atoms with Gasteiger partial charge in [-0.05, 0) is 30.3 Å². The van der Waals surface area contributed by atoms with Crippen LogP contribution >= 0.6 is 34.7 Å². The van der Waals surface area contributed by atoms with Gasteiger partial charge in [-0.2, -0.15) is 13.2 Å². The largest absolute Gasteiger partial charge is 0.461 e. The number of halogens is 4.